The second kappa shape index (κ2) is 10.2. The molecular weight excluding hydrogens is 452 g/mol. The van der Waals surface area contributed by atoms with Crippen LogP contribution in [0.3, 0.4) is 0 Å². The van der Waals surface area contributed by atoms with Gasteiger partial charge in [-0.05, 0) is 54.9 Å². The lowest BCUT2D eigenvalue weighted by Gasteiger charge is -2.33. The van der Waals surface area contributed by atoms with E-state index in [1.165, 1.54) is 16.4 Å². The maximum atomic E-state index is 13.0. The Morgan fingerprint density at radius 3 is 2.38 bits per heavy atom. The van der Waals surface area contributed by atoms with E-state index in [0.29, 0.717) is 25.3 Å². The lowest BCUT2D eigenvalue weighted by molar-refractivity contribution is -0.122. The first-order chi connectivity index (χ1) is 16.3. The number of sulfonamides is 1. The van der Waals surface area contributed by atoms with E-state index >= 15 is 0 Å². The van der Waals surface area contributed by atoms with Crippen molar-refractivity contribution in [3.05, 3.63) is 54.1 Å². The van der Waals surface area contributed by atoms with Crippen molar-refractivity contribution in [2.45, 2.75) is 31.6 Å². The normalized spacial score (nSPS) is 20.0. The summed E-state index contributed by atoms with van der Waals surface area (Å²) in [6, 6.07) is 14.1. The average molecular weight is 485 g/mol. The van der Waals surface area contributed by atoms with Gasteiger partial charge >= 0.3 is 0 Å². The number of anilines is 2. The first-order valence-electron chi connectivity index (χ1n) is 11.8. The molecule has 2 amide bonds. The molecule has 2 saturated heterocycles. The summed E-state index contributed by atoms with van der Waals surface area (Å²) in [5.41, 5.74) is 2.47. The number of carbonyl (C=O) groups excluding carboxylic acids is 2. The first kappa shape index (κ1) is 24.4. The Labute approximate surface area is 201 Å². The fourth-order valence-electron chi connectivity index (χ4n) is 4.47. The molecule has 2 heterocycles. The van der Waals surface area contributed by atoms with Gasteiger partial charge in [0.05, 0.1) is 10.8 Å². The number of likely N-dealkylation sites (N-methyl/N-ethyl adjacent to an activating group) is 1. The quantitative estimate of drug-likeness (QED) is 0.652. The second-order valence-corrected chi connectivity index (χ2v) is 10.7. The van der Waals surface area contributed by atoms with Crippen LogP contribution in [0.2, 0.25) is 0 Å². The zero-order valence-corrected chi connectivity index (χ0v) is 20.6. The lowest BCUT2D eigenvalue weighted by Crippen LogP contribution is -2.48. The summed E-state index contributed by atoms with van der Waals surface area (Å²) in [7, 11) is -3.56. The third kappa shape index (κ3) is 5.16. The van der Waals surface area contributed by atoms with Gasteiger partial charge < -0.3 is 15.1 Å². The van der Waals surface area contributed by atoms with Crippen molar-refractivity contribution in [2.75, 3.05) is 49.5 Å². The molecule has 0 bridgehead atoms. The van der Waals surface area contributed by atoms with Crippen LogP contribution >= 0.6 is 0 Å². The number of nitrogens with zero attached hydrogens (tertiary/aromatic N) is 3. The van der Waals surface area contributed by atoms with Gasteiger partial charge in [-0.15, -0.1) is 0 Å². The first-order valence-corrected chi connectivity index (χ1v) is 13.3. The van der Waals surface area contributed by atoms with Crippen molar-refractivity contribution in [3.63, 3.8) is 0 Å². The van der Waals surface area contributed by atoms with Crippen molar-refractivity contribution in [1.29, 1.82) is 0 Å². The van der Waals surface area contributed by atoms with Gasteiger partial charge in [-0.2, -0.15) is 4.31 Å². The van der Waals surface area contributed by atoms with E-state index in [0.717, 1.165) is 37.3 Å². The van der Waals surface area contributed by atoms with Crippen molar-refractivity contribution in [1.82, 2.24) is 9.21 Å². The molecule has 1 atom stereocenters. The molecule has 8 nitrogen and oxygen atoms in total. The minimum absolute atomic E-state index is 0.0713. The van der Waals surface area contributed by atoms with Crippen LogP contribution in [-0.2, 0) is 26.0 Å². The van der Waals surface area contributed by atoms with Gasteiger partial charge in [0.15, 0.2) is 0 Å². The Hall–Kier alpha value is -2.75. The topological polar surface area (TPSA) is 90.0 Å². The van der Waals surface area contributed by atoms with E-state index in [2.05, 4.69) is 24.1 Å². The highest BCUT2D eigenvalue weighted by atomic mass is 32.2. The number of carbonyl (C=O) groups is 2. The van der Waals surface area contributed by atoms with Gasteiger partial charge in [0.25, 0.3) is 0 Å². The van der Waals surface area contributed by atoms with Gasteiger partial charge in [0.2, 0.25) is 21.8 Å². The molecule has 2 fully saturated rings. The van der Waals surface area contributed by atoms with Gasteiger partial charge in [0, 0.05) is 50.5 Å². The zero-order valence-electron chi connectivity index (χ0n) is 19.7. The monoisotopic (exact) mass is 484 g/mol. The van der Waals surface area contributed by atoms with Gasteiger partial charge in [0.1, 0.15) is 0 Å². The summed E-state index contributed by atoms with van der Waals surface area (Å²) in [5.74, 6) is -0.775. The van der Waals surface area contributed by atoms with Gasteiger partial charge in [-0.25, -0.2) is 8.42 Å². The molecule has 0 aromatic heterocycles. The maximum Gasteiger partial charge on any atom is 0.243 e. The molecular formula is C25H32N4O4S. The standard InChI is InChI=1S/C25H32N4O4S/c1-3-19-6-5-7-22(16-19)29-18-20(17-24(29)30)25(31)26-21-8-10-23(11-9-21)34(32,33)28-14-12-27(4-2)13-15-28/h5-11,16,20H,3-4,12-15,17-18H2,1-2H3,(H,26,31). The van der Waals surface area contributed by atoms with E-state index in [1.807, 2.05) is 24.3 Å². The van der Waals surface area contributed by atoms with Crippen LogP contribution < -0.4 is 10.2 Å². The van der Waals surface area contributed by atoms with Crippen LogP contribution in [-0.4, -0.2) is 68.7 Å². The van der Waals surface area contributed by atoms with E-state index in [9.17, 15) is 18.0 Å². The molecule has 2 aromatic carbocycles. The summed E-state index contributed by atoms with van der Waals surface area (Å²) >= 11 is 0. The number of piperazine rings is 1. The fourth-order valence-corrected chi connectivity index (χ4v) is 5.89. The summed E-state index contributed by atoms with van der Waals surface area (Å²) in [6.07, 6.45) is 1.03. The smallest absolute Gasteiger partial charge is 0.243 e. The van der Waals surface area contributed by atoms with Crippen LogP contribution in [0.15, 0.2) is 53.4 Å². The Balaban J connectivity index is 1.38. The Morgan fingerprint density at radius 1 is 1.03 bits per heavy atom. The number of aryl methyl sites for hydroxylation is 1. The molecule has 0 aliphatic carbocycles. The lowest BCUT2D eigenvalue weighted by atomic mass is 10.1. The van der Waals surface area contributed by atoms with Crippen molar-refractivity contribution in [3.8, 4) is 0 Å². The Morgan fingerprint density at radius 2 is 1.74 bits per heavy atom. The summed E-state index contributed by atoms with van der Waals surface area (Å²) in [6.45, 7) is 7.77. The van der Waals surface area contributed by atoms with Crippen molar-refractivity contribution < 1.29 is 18.0 Å². The summed E-state index contributed by atoms with van der Waals surface area (Å²) in [4.78, 5) is 29.5. The van der Waals surface area contributed by atoms with E-state index in [4.69, 9.17) is 0 Å². The molecule has 4 rings (SSSR count). The minimum Gasteiger partial charge on any atom is -0.326 e. The Kier molecular flexibility index (Phi) is 7.35. The number of hydrogen-bond acceptors (Lipinski definition) is 5. The van der Waals surface area contributed by atoms with E-state index in [-0.39, 0.29) is 23.1 Å². The molecule has 1 N–H and O–H groups in total. The van der Waals surface area contributed by atoms with Gasteiger partial charge in [-0.1, -0.05) is 26.0 Å². The SMILES string of the molecule is CCc1cccc(N2CC(C(=O)Nc3ccc(S(=O)(=O)N4CCN(CC)CC4)cc3)CC2=O)c1. The predicted octanol–water partition coefficient (Wildman–Crippen LogP) is 2.57. The van der Waals surface area contributed by atoms with Crippen molar-refractivity contribution in [2.24, 2.45) is 5.92 Å². The largest absolute Gasteiger partial charge is 0.326 e. The summed E-state index contributed by atoms with van der Waals surface area (Å²) < 4.78 is 27.4. The fraction of sp³-hybridized carbons (Fsp3) is 0.440. The number of nitrogens with one attached hydrogen (secondary N) is 1. The number of hydrogen-bond donors (Lipinski definition) is 1. The number of rotatable bonds is 7. The predicted molar refractivity (Wildman–Crippen MR) is 132 cm³/mol. The minimum atomic E-state index is -3.56. The molecule has 1 unspecified atom stereocenters. The van der Waals surface area contributed by atoms with Crippen LogP contribution in [0.5, 0.6) is 0 Å². The molecule has 2 aliphatic rings. The van der Waals surface area contributed by atoms with Crippen LogP contribution in [0.4, 0.5) is 11.4 Å². The zero-order chi connectivity index (χ0) is 24.3. The van der Waals surface area contributed by atoms with Crippen LogP contribution in [0.25, 0.3) is 0 Å². The average Bonchev–Trinajstić information content (AvgIpc) is 3.26. The van der Waals surface area contributed by atoms with Crippen LogP contribution in [0.1, 0.15) is 25.8 Å². The second-order valence-electron chi connectivity index (χ2n) is 8.78. The third-order valence-corrected chi connectivity index (χ3v) is 8.58. The molecule has 2 aromatic rings. The summed E-state index contributed by atoms with van der Waals surface area (Å²) in [5, 5.41) is 2.84. The maximum absolute atomic E-state index is 13.0. The van der Waals surface area contributed by atoms with E-state index in [1.54, 1.807) is 17.0 Å². The third-order valence-electron chi connectivity index (χ3n) is 6.66. The van der Waals surface area contributed by atoms with Gasteiger partial charge in [-0.3, -0.25) is 9.59 Å². The Bertz CT molecular complexity index is 1140. The van der Waals surface area contributed by atoms with E-state index < -0.39 is 15.9 Å². The highest BCUT2D eigenvalue weighted by Gasteiger charge is 2.35. The van der Waals surface area contributed by atoms with Crippen LogP contribution in [0, 0.1) is 5.92 Å². The molecule has 182 valence electrons. The molecule has 34 heavy (non-hydrogen) atoms. The molecule has 0 saturated carbocycles. The molecule has 0 radical (unpaired) electrons. The molecule has 0 spiro atoms. The molecule has 9 heteroatoms. The number of amides is 2. The number of benzene rings is 2. The van der Waals surface area contributed by atoms with Crippen molar-refractivity contribution >= 4 is 33.2 Å². The molecule has 2 aliphatic heterocycles. The highest BCUT2D eigenvalue weighted by Crippen LogP contribution is 2.27. The highest BCUT2D eigenvalue weighted by molar-refractivity contribution is 7.89.